The molecule has 30 heavy (non-hydrogen) atoms. The molecule has 0 N–H and O–H groups in total. The van der Waals surface area contributed by atoms with Gasteiger partial charge in [-0.3, -0.25) is 9.59 Å². The second kappa shape index (κ2) is 11.6. The Morgan fingerprint density at radius 1 is 0.700 bits per heavy atom. The van der Waals surface area contributed by atoms with Crippen molar-refractivity contribution in [2.24, 2.45) is 0 Å². The van der Waals surface area contributed by atoms with E-state index in [1.54, 1.807) is 14.1 Å². The molecule has 0 aliphatic carbocycles. The average molecular weight is 477 g/mol. The maximum atomic E-state index is 13.2. The minimum absolute atomic E-state index is 0.483. The van der Waals surface area contributed by atoms with E-state index in [0.717, 1.165) is 11.1 Å². The predicted molar refractivity (Wildman–Crippen MR) is 136 cm³/mol. The van der Waals surface area contributed by atoms with Crippen molar-refractivity contribution in [3.63, 3.8) is 0 Å². The number of hydrogen-bond donors (Lipinski definition) is 0. The maximum Gasteiger partial charge on any atom is 0.312 e. The Balaban J connectivity index is 2.34. The van der Waals surface area contributed by atoms with Crippen LogP contribution >= 0.6 is 48.0 Å². The van der Waals surface area contributed by atoms with E-state index in [-0.39, 0.29) is 0 Å². The minimum Gasteiger partial charge on any atom is -0.325 e. The van der Waals surface area contributed by atoms with Gasteiger partial charge in [0.2, 0.25) is 0 Å². The first-order chi connectivity index (χ1) is 14.3. The van der Waals surface area contributed by atoms with Crippen LogP contribution in [-0.4, -0.2) is 56.6 Å². The Hall–Kier alpha value is -1.74. The van der Waals surface area contributed by atoms with Crippen molar-refractivity contribution in [2.45, 2.75) is 12.1 Å². The first kappa shape index (κ1) is 24.5. The maximum absolute atomic E-state index is 13.2. The summed E-state index contributed by atoms with van der Waals surface area (Å²) in [6.07, 6.45) is 3.74. The molecule has 2 atom stereocenters. The number of amides is 2. The van der Waals surface area contributed by atoms with E-state index < -0.39 is 23.9 Å². The second-order valence-electron chi connectivity index (χ2n) is 6.50. The van der Waals surface area contributed by atoms with Gasteiger partial charge in [-0.15, -0.1) is 23.5 Å². The number of thiocarbonyl (C=S) groups is 2. The molecule has 0 aromatic heterocycles. The normalized spacial score (nSPS) is 12.5. The number of carbonyl (C=O) groups is 2. The molecule has 0 aliphatic heterocycles. The minimum atomic E-state index is -0.632. The fourth-order valence-electron chi connectivity index (χ4n) is 3.07. The van der Waals surface area contributed by atoms with Gasteiger partial charge in [0.25, 0.3) is 0 Å². The zero-order valence-electron chi connectivity index (χ0n) is 17.3. The molecule has 0 fully saturated rings. The van der Waals surface area contributed by atoms with Gasteiger partial charge in [0.05, 0.1) is 20.5 Å². The van der Waals surface area contributed by atoms with Gasteiger partial charge < -0.3 is 9.80 Å². The topological polar surface area (TPSA) is 40.6 Å². The van der Waals surface area contributed by atoms with Gasteiger partial charge in [-0.1, -0.05) is 85.1 Å². The molecule has 0 saturated carbocycles. The molecule has 0 bridgehead atoms. The van der Waals surface area contributed by atoms with Crippen LogP contribution in [0.4, 0.5) is 0 Å². The molecule has 4 nitrogen and oxygen atoms in total. The Kier molecular flexibility index (Phi) is 9.48. The second-order valence-corrected chi connectivity index (χ2v) is 9.60. The molecule has 2 amide bonds. The van der Waals surface area contributed by atoms with Crippen LogP contribution in [0, 0.1) is 0 Å². The lowest BCUT2D eigenvalue weighted by atomic mass is 10.1. The standard InChI is InChI=1S/C22H24N2O2S4/c1-23(17(21(27)29-3)15-11-7-5-8-12-15)19(25)20(26)24(2)18(22(28)30-4)16-13-9-6-10-14-16/h5-14,17-18H,1-4H3. The van der Waals surface area contributed by atoms with Crippen LogP contribution in [0.2, 0.25) is 0 Å². The highest BCUT2D eigenvalue weighted by atomic mass is 32.2. The van der Waals surface area contributed by atoms with Crippen LogP contribution in [-0.2, 0) is 9.59 Å². The monoisotopic (exact) mass is 476 g/mol. The van der Waals surface area contributed by atoms with Gasteiger partial charge >= 0.3 is 11.8 Å². The summed E-state index contributed by atoms with van der Waals surface area (Å²) in [6.45, 7) is 0. The molecule has 0 radical (unpaired) electrons. The van der Waals surface area contributed by atoms with E-state index in [9.17, 15) is 9.59 Å². The van der Waals surface area contributed by atoms with Crippen molar-refractivity contribution >= 4 is 68.2 Å². The zero-order chi connectivity index (χ0) is 22.3. The van der Waals surface area contributed by atoms with E-state index in [1.807, 2.05) is 73.2 Å². The van der Waals surface area contributed by atoms with Crippen molar-refractivity contribution < 1.29 is 9.59 Å². The van der Waals surface area contributed by atoms with Crippen molar-refractivity contribution in [3.05, 3.63) is 71.8 Å². The number of hydrogen-bond acceptors (Lipinski definition) is 6. The quantitative estimate of drug-likeness (QED) is 0.442. The Labute approximate surface area is 197 Å². The van der Waals surface area contributed by atoms with E-state index in [2.05, 4.69) is 0 Å². The Morgan fingerprint density at radius 2 is 1.00 bits per heavy atom. The summed E-state index contributed by atoms with van der Waals surface area (Å²) in [5.41, 5.74) is 1.73. The highest BCUT2D eigenvalue weighted by Gasteiger charge is 2.34. The summed E-state index contributed by atoms with van der Waals surface area (Å²) >= 11 is 13.8. The van der Waals surface area contributed by atoms with Gasteiger partial charge in [-0.25, -0.2) is 0 Å². The SMILES string of the molecule is CSC(=S)C(c1ccccc1)N(C)C(=O)C(=O)N(C)C(C(=S)SC)c1ccccc1. The Morgan fingerprint density at radius 3 is 1.27 bits per heavy atom. The third-order valence-electron chi connectivity index (χ3n) is 4.68. The van der Waals surface area contributed by atoms with Crippen LogP contribution in [0.15, 0.2) is 60.7 Å². The first-order valence-electron chi connectivity index (χ1n) is 9.13. The van der Waals surface area contributed by atoms with Gasteiger partial charge in [0, 0.05) is 14.1 Å². The molecule has 158 valence electrons. The molecular formula is C22H24N2O2S4. The van der Waals surface area contributed by atoms with Gasteiger partial charge in [-0.05, 0) is 23.6 Å². The van der Waals surface area contributed by atoms with E-state index in [1.165, 1.54) is 33.3 Å². The summed E-state index contributed by atoms with van der Waals surface area (Å²) < 4.78 is 1.23. The molecule has 2 rings (SSSR count). The fraction of sp³-hybridized carbons (Fsp3) is 0.273. The van der Waals surface area contributed by atoms with Crippen LogP contribution in [0.1, 0.15) is 23.2 Å². The highest BCUT2D eigenvalue weighted by molar-refractivity contribution is 8.23. The predicted octanol–water partition coefficient (Wildman–Crippen LogP) is 4.77. The summed E-state index contributed by atoms with van der Waals surface area (Å²) in [7, 11) is 3.22. The number of thioether (sulfide) groups is 2. The van der Waals surface area contributed by atoms with E-state index in [4.69, 9.17) is 24.4 Å². The van der Waals surface area contributed by atoms with Crippen molar-refractivity contribution in [3.8, 4) is 0 Å². The summed E-state index contributed by atoms with van der Waals surface area (Å²) in [5, 5.41) is 0. The lowest BCUT2D eigenvalue weighted by Crippen LogP contribution is -2.46. The third kappa shape index (κ3) is 5.69. The number of likely N-dealkylation sites (N-methyl/N-ethyl adjacent to an activating group) is 2. The van der Waals surface area contributed by atoms with Crippen LogP contribution in [0.5, 0.6) is 0 Å². The molecule has 2 aromatic rings. The van der Waals surface area contributed by atoms with E-state index >= 15 is 0 Å². The van der Waals surface area contributed by atoms with Gasteiger partial charge in [-0.2, -0.15) is 0 Å². The molecule has 2 unspecified atom stereocenters. The van der Waals surface area contributed by atoms with Crippen molar-refractivity contribution in [2.75, 3.05) is 26.6 Å². The molecule has 2 aromatic carbocycles. The van der Waals surface area contributed by atoms with Crippen LogP contribution in [0.25, 0.3) is 0 Å². The molecule has 8 heteroatoms. The third-order valence-corrected chi connectivity index (χ3v) is 7.38. The molecule has 0 saturated heterocycles. The number of carbonyl (C=O) groups excluding carboxylic acids is 2. The summed E-state index contributed by atoms with van der Waals surface area (Å²) in [5.74, 6) is -1.26. The van der Waals surface area contributed by atoms with Gasteiger partial charge in [0.15, 0.2) is 0 Å². The largest absolute Gasteiger partial charge is 0.325 e. The smallest absolute Gasteiger partial charge is 0.312 e. The lowest BCUT2D eigenvalue weighted by Gasteiger charge is -2.32. The zero-order valence-corrected chi connectivity index (χ0v) is 20.5. The fourth-order valence-corrected chi connectivity index (χ4v) is 4.69. The number of benzene rings is 2. The average Bonchev–Trinajstić information content (AvgIpc) is 2.79. The lowest BCUT2D eigenvalue weighted by molar-refractivity contribution is -0.151. The highest BCUT2D eigenvalue weighted by Crippen LogP contribution is 2.29. The molecule has 0 heterocycles. The van der Waals surface area contributed by atoms with Crippen LogP contribution in [0.3, 0.4) is 0 Å². The summed E-state index contributed by atoms with van der Waals surface area (Å²) in [4.78, 5) is 29.2. The van der Waals surface area contributed by atoms with Gasteiger partial charge in [0.1, 0.15) is 0 Å². The van der Waals surface area contributed by atoms with Crippen molar-refractivity contribution in [1.29, 1.82) is 0 Å². The van der Waals surface area contributed by atoms with Crippen molar-refractivity contribution in [1.82, 2.24) is 9.80 Å². The van der Waals surface area contributed by atoms with Crippen LogP contribution < -0.4 is 0 Å². The number of rotatable bonds is 6. The number of nitrogens with zero attached hydrogens (tertiary/aromatic N) is 2. The summed E-state index contributed by atoms with van der Waals surface area (Å²) in [6, 6.07) is 18.0. The Bertz CT molecular complexity index is 830. The first-order valence-corrected chi connectivity index (χ1v) is 12.4. The molecule has 0 spiro atoms. The molecule has 0 aliphatic rings. The molecular weight excluding hydrogens is 453 g/mol. The van der Waals surface area contributed by atoms with E-state index in [0.29, 0.717) is 8.39 Å².